The Kier molecular flexibility index (Phi) is 4.46. The third kappa shape index (κ3) is 3.75. The first kappa shape index (κ1) is 13.5. The number of methoxy groups -OCH3 is 1. The second kappa shape index (κ2) is 6.29. The number of nitrogens with one attached hydrogen (secondary N) is 1. The summed E-state index contributed by atoms with van der Waals surface area (Å²) in [6.07, 6.45) is 3.77. The molecular weight excluding hydrogens is 242 g/mol. The van der Waals surface area contributed by atoms with Crippen LogP contribution in [0.4, 0.5) is 5.95 Å². The Hall–Kier alpha value is -1.95. The maximum absolute atomic E-state index is 5.09. The van der Waals surface area contributed by atoms with Gasteiger partial charge in [0.2, 0.25) is 5.95 Å². The molecule has 6 nitrogen and oxygen atoms in total. The maximum atomic E-state index is 5.09. The summed E-state index contributed by atoms with van der Waals surface area (Å²) in [5.41, 5.74) is 1.93. The lowest BCUT2D eigenvalue weighted by atomic mass is 10.4. The second-order valence-corrected chi connectivity index (χ2v) is 4.34. The fourth-order valence-corrected chi connectivity index (χ4v) is 1.82. The Labute approximate surface area is 112 Å². The molecule has 0 atom stereocenters. The smallest absolute Gasteiger partial charge is 0.203 e. The topological polar surface area (TPSA) is 64.9 Å². The van der Waals surface area contributed by atoms with Gasteiger partial charge in [-0.2, -0.15) is 0 Å². The molecule has 0 fully saturated rings. The number of ether oxygens (including phenoxy) is 1. The Bertz CT molecular complexity index is 538. The molecule has 2 heterocycles. The van der Waals surface area contributed by atoms with Gasteiger partial charge in [0, 0.05) is 26.0 Å². The first-order chi connectivity index (χ1) is 9.19. The molecule has 0 aliphatic rings. The zero-order chi connectivity index (χ0) is 13.7. The number of hydrogen-bond acceptors (Lipinski definition) is 5. The molecule has 0 radical (unpaired) electrons. The summed E-state index contributed by atoms with van der Waals surface area (Å²) in [7, 11) is 1.69. The van der Waals surface area contributed by atoms with Crippen molar-refractivity contribution in [2.24, 2.45) is 0 Å². The van der Waals surface area contributed by atoms with Crippen LogP contribution in [0.3, 0.4) is 0 Å². The van der Waals surface area contributed by atoms with Crippen molar-refractivity contribution in [1.82, 2.24) is 19.5 Å². The van der Waals surface area contributed by atoms with E-state index in [1.165, 1.54) is 0 Å². The van der Waals surface area contributed by atoms with Crippen molar-refractivity contribution in [3.8, 4) is 0 Å². The summed E-state index contributed by atoms with van der Waals surface area (Å²) in [5, 5.41) is 3.29. The lowest BCUT2D eigenvalue weighted by molar-refractivity contribution is 0.187. The number of aromatic nitrogens is 4. The van der Waals surface area contributed by atoms with E-state index >= 15 is 0 Å². The maximum Gasteiger partial charge on any atom is 0.203 e. The highest BCUT2D eigenvalue weighted by Gasteiger charge is 2.05. The van der Waals surface area contributed by atoms with Crippen molar-refractivity contribution < 1.29 is 4.74 Å². The molecule has 19 heavy (non-hydrogen) atoms. The summed E-state index contributed by atoms with van der Waals surface area (Å²) in [5.74, 6) is 1.61. The van der Waals surface area contributed by atoms with Crippen LogP contribution < -0.4 is 5.32 Å². The van der Waals surface area contributed by atoms with Crippen molar-refractivity contribution in [1.29, 1.82) is 0 Å². The number of imidazole rings is 1. The number of hydrogen-bond donors (Lipinski definition) is 1. The first-order valence-corrected chi connectivity index (χ1v) is 6.24. The highest BCUT2D eigenvalue weighted by Crippen LogP contribution is 2.09. The van der Waals surface area contributed by atoms with Gasteiger partial charge in [0.15, 0.2) is 0 Å². The van der Waals surface area contributed by atoms with E-state index < -0.39 is 0 Å². The SMILES string of the molecule is COCCn1cc(C)nc1NCc1ccnc(C)n1. The fourth-order valence-electron chi connectivity index (χ4n) is 1.82. The molecule has 0 amide bonds. The van der Waals surface area contributed by atoms with E-state index in [2.05, 4.69) is 20.3 Å². The minimum absolute atomic E-state index is 0.632. The van der Waals surface area contributed by atoms with Crippen molar-refractivity contribution in [2.45, 2.75) is 26.9 Å². The quantitative estimate of drug-likeness (QED) is 0.854. The molecule has 0 saturated heterocycles. The summed E-state index contributed by atoms with van der Waals surface area (Å²) < 4.78 is 7.14. The Balaban J connectivity index is 2.02. The molecule has 0 spiro atoms. The van der Waals surface area contributed by atoms with E-state index in [-0.39, 0.29) is 0 Å². The molecule has 2 aromatic heterocycles. The van der Waals surface area contributed by atoms with Crippen LogP contribution in [0.1, 0.15) is 17.2 Å². The molecule has 1 N–H and O–H groups in total. The predicted molar refractivity (Wildman–Crippen MR) is 72.9 cm³/mol. The van der Waals surface area contributed by atoms with Crippen LogP contribution in [0.15, 0.2) is 18.5 Å². The van der Waals surface area contributed by atoms with Crippen LogP contribution in [0, 0.1) is 13.8 Å². The minimum atomic E-state index is 0.632. The van der Waals surface area contributed by atoms with Gasteiger partial charge in [0.1, 0.15) is 5.82 Å². The predicted octanol–water partition coefficient (Wildman–Crippen LogP) is 1.55. The summed E-state index contributed by atoms with van der Waals surface area (Å²) in [6, 6.07) is 1.90. The lowest BCUT2D eigenvalue weighted by Crippen LogP contribution is -2.11. The van der Waals surface area contributed by atoms with Gasteiger partial charge in [-0.05, 0) is 19.9 Å². The molecule has 0 unspecified atom stereocenters. The van der Waals surface area contributed by atoms with Crippen molar-refractivity contribution >= 4 is 5.95 Å². The Morgan fingerprint density at radius 3 is 2.89 bits per heavy atom. The van der Waals surface area contributed by atoms with Crippen molar-refractivity contribution in [3.63, 3.8) is 0 Å². The summed E-state index contributed by atoms with van der Waals surface area (Å²) in [6.45, 7) is 5.93. The molecule has 0 bridgehead atoms. The van der Waals surface area contributed by atoms with Gasteiger partial charge in [0.25, 0.3) is 0 Å². The molecular formula is C13H19N5O. The highest BCUT2D eigenvalue weighted by atomic mass is 16.5. The van der Waals surface area contributed by atoms with E-state index in [1.807, 2.05) is 30.7 Å². The molecule has 6 heteroatoms. The van der Waals surface area contributed by atoms with Gasteiger partial charge in [-0.25, -0.2) is 15.0 Å². The standard InChI is InChI=1S/C13H19N5O/c1-10-9-18(6-7-19-3)13(16-10)15-8-12-4-5-14-11(2)17-12/h4-5,9H,6-8H2,1-3H3,(H,15,16). The van der Waals surface area contributed by atoms with Crippen molar-refractivity contribution in [2.75, 3.05) is 19.0 Å². The molecule has 102 valence electrons. The third-order valence-corrected chi connectivity index (χ3v) is 2.69. The number of aryl methyl sites for hydroxylation is 2. The molecule has 2 rings (SSSR count). The minimum Gasteiger partial charge on any atom is -0.383 e. The van der Waals surface area contributed by atoms with Gasteiger partial charge in [-0.3, -0.25) is 0 Å². The van der Waals surface area contributed by atoms with E-state index in [1.54, 1.807) is 13.3 Å². The van der Waals surface area contributed by atoms with Crippen LogP contribution in [-0.2, 0) is 17.8 Å². The zero-order valence-corrected chi connectivity index (χ0v) is 11.6. The van der Waals surface area contributed by atoms with Gasteiger partial charge >= 0.3 is 0 Å². The third-order valence-electron chi connectivity index (χ3n) is 2.69. The Morgan fingerprint density at radius 1 is 1.32 bits per heavy atom. The van der Waals surface area contributed by atoms with Crippen LogP contribution >= 0.6 is 0 Å². The number of rotatable bonds is 6. The Morgan fingerprint density at radius 2 is 2.16 bits per heavy atom. The van der Waals surface area contributed by atoms with Crippen LogP contribution in [-0.4, -0.2) is 33.2 Å². The lowest BCUT2D eigenvalue weighted by Gasteiger charge is -2.09. The summed E-state index contributed by atoms with van der Waals surface area (Å²) >= 11 is 0. The van der Waals surface area contributed by atoms with Crippen LogP contribution in [0.5, 0.6) is 0 Å². The van der Waals surface area contributed by atoms with Gasteiger partial charge in [-0.1, -0.05) is 0 Å². The van der Waals surface area contributed by atoms with E-state index in [0.29, 0.717) is 13.2 Å². The largest absolute Gasteiger partial charge is 0.383 e. The average molecular weight is 261 g/mol. The molecule has 0 aromatic carbocycles. The molecule has 0 aliphatic carbocycles. The van der Waals surface area contributed by atoms with Gasteiger partial charge < -0.3 is 14.6 Å². The zero-order valence-electron chi connectivity index (χ0n) is 11.6. The van der Waals surface area contributed by atoms with Crippen LogP contribution in [0.2, 0.25) is 0 Å². The fraction of sp³-hybridized carbons (Fsp3) is 0.462. The molecule has 0 saturated carbocycles. The summed E-state index contributed by atoms with van der Waals surface area (Å²) in [4.78, 5) is 12.9. The van der Waals surface area contributed by atoms with Crippen molar-refractivity contribution in [3.05, 3.63) is 35.7 Å². The van der Waals surface area contributed by atoms with E-state index in [9.17, 15) is 0 Å². The normalized spacial score (nSPS) is 10.7. The second-order valence-electron chi connectivity index (χ2n) is 4.34. The highest BCUT2D eigenvalue weighted by molar-refractivity contribution is 5.29. The van der Waals surface area contributed by atoms with Gasteiger partial charge in [-0.15, -0.1) is 0 Å². The van der Waals surface area contributed by atoms with E-state index in [0.717, 1.165) is 29.7 Å². The van der Waals surface area contributed by atoms with E-state index in [4.69, 9.17) is 4.74 Å². The molecule has 2 aromatic rings. The average Bonchev–Trinajstić information content (AvgIpc) is 2.74. The first-order valence-electron chi connectivity index (χ1n) is 6.24. The monoisotopic (exact) mass is 261 g/mol. The molecule has 0 aliphatic heterocycles. The van der Waals surface area contributed by atoms with Crippen LogP contribution in [0.25, 0.3) is 0 Å². The number of anilines is 1. The van der Waals surface area contributed by atoms with Gasteiger partial charge in [0.05, 0.1) is 24.5 Å². The number of nitrogens with zero attached hydrogens (tertiary/aromatic N) is 4.